The molecule has 37 heavy (non-hydrogen) atoms. The molecule has 3 heterocycles. The van der Waals surface area contributed by atoms with Crippen LogP contribution in [0.3, 0.4) is 0 Å². The van der Waals surface area contributed by atoms with Crippen LogP contribution in [0.2, 0.25) is 5.02 Å². The van der Waals surface area contributed by atoms with Gasteiger partial charge in [-0.2, -0.15) is 0 Å². The number of nitrogens with zero attached hydrogens (tertiary/aromatic N) is 2. The Labute approximate surface area is 217 Å². The van der Waals surface area contributed by atoms with E-state index in [4.69, 9.17) is 16.3 Å². The van der Waals surface area contributed by atoms with Crippen LogP contribution in [-0.4, -0.2) is 39.4 Å². The predicted octanol–water partition coefficient (Wildman–Crippen LogP) is 5.47. The third-order valence-corrected chi connectivity index (χ3v) is 7.75. The van der Waals surface area contributed by atoms with Crippen LogP contribution in [0.1, 0.15) is 50.9 Å². The van der Waals surface area contributed by atoms with Crippen LogP contribution in [0.15, 0.2) is 72.9 Å². The first-order chi connectivity index (χ1) is 17.9. The van der Waals surface area contributed by atoms with E-state index in [2.05, 4.69) is 0 Å². The maximum Gasteiger partial charge on any atom is 0.339 e. The summed E-state index contributed by atoms with van der Waals surface area (Å²) in [6, 6.07) is 18.7. The summed E-state index contributed by atoms with van der Waals surface area (Å²) in [5.41, 5.74) is 2.17. The number of likely N-dealkylation sites (tertiary alicyclic amines) is 1. The van der Waals surface area contributed by atoms with Crippen LogP contribution in [0, 0.1) is 5.82 Å². The predicted molar refractivity (Wildman–Crippen MR) is 137 cm³/mol. The molecule has 6 rings (SSSR count). The van der Waals surface area contributed by atoms with Gasteiger partial charge >= 0.3 is 5.97 Å². The van der Waals surface area contributed by atoms with Gasteiger partial charge in [0, 0.05) is 53.7 Å². The van der Waals surface area contributed by atoms with Crippen molar-refractivity contribution in [1.82, 2.24) is 9.47 Å². The van der Waals surface area contributed by atoms with Crippen molar-refractivity contribution in [2.75, 3.05) is 13.1 Å². The summed E-state index contributed by atoms with van der Waals surface area (Å²) in [5.74, 6) is -1.25. The Morgan fingerprint density at radius 2 is 1.81 bits per heavy atom. The molecule has 1 atom stereocenters. The van der Waals surface area contributed by atoms with Gasteiger partial charge in [0.25, 0.3) is 0 Å². The van der Waals surface area contributed by atoms with Crippen molar-refractivity contribution in [3.05, 3.63) is 106 Å². The number of benzene rings is 3. The number of aliphatic hydroxyl groups excluding tert-OH is 1. The molecule has 1 unspecified atom stereocenters. The zero-order valence-corrected chi connectivity index (χ0v) is 20.6. The number of esters is 1. The number of carbonyl (C=O) groups excluding carboxylic acids is 2. The maximum atomic E-state index is 14.2. The normalized spacial score (nSPS) is 17.6. The van der Waals surface area contributed by atoms with Gasteiger partial charge in [0.05, 0.1) is 23.2 Å². The highest BCUT2D eigenvalue weighted by Crippen LogP contribution is 2.45. The minimum Gasteiger partial charge on any atom is -0.450 e. The van der Waals surface area contributed by atoms with Crippen molar-refractivity contribution in [2.45, 2.75) is 31.2 Å². The Bertz CT molecular complexity index is 1540. The van der Waals surface area contributed by atoms with Crippen molar-refractivity contribution < 1.29 is 23.8 Å². The number of aromatic nitrogens is 1. The smallest absolute Gasteiger partial charge is 0.339 e. The highest BCUT2D eigenvalue weighted by atomic mass is 35.5. The minimum atomic E-state index is -0.946. The zero-order valence-electron chi connectivity index (χ0n) is 19.9. The Balaban J connectivity index is 1.27. The van der Waals surface area contributed by atoms with E-state index in [1.807, 2.05) is 29.2 Å². The number of carbonyl (C=O) groups is 2. The zero-order chi connectivity index (χ0) is 25.7. The maximum absolute atomic E-state index is 14.2. The molecule has 0 saturated carbocycles. The fourth-order valence-corrected chi connectivity index (χ4v) is 5.77. The molecule has 2 aliphatic heterocycles. The van der Waals surface area contributed by atoms with E-state index in [9.17, 15) is 19.1 Å². The molecule has 0 radical (unpaired) electrons. The fraction of sp³-hybridized carbons (Fsp3) is 0.241. The number of ketones is 1. The number of piperidine rings is 1. The van der Waals surface area contributed by atoms with Gasteiger partial charge in [0.15, 0.2) is 5.78 Å². The molecular weight excluding hydrogens is 495 g/mol. The van der Waals surface area contributed by atoms with Gasteiger partial charge in [0.2, 0.25) is 0 Å². The molecular formula is C29H24ClFN2O4. The molecule has 6 nitrogen and oxygen atoms in total. The van der Waals surface area contributed by atoms with E-state index in [0.717, 1.165) is 10.9 Å². The van der Waals surface area contributed by atoms with Crippen molar-refractivity contribution in [3.63, 3.8) is 0 Å². The Hall–Kier alpha value is -3.52. The van der Waals surface area contributed by atoms with E-state index in [-0.39, 0.29) is 23.9 Å². The number of halogens is 2. The molecule has 0 aliphatic carbocycles. The monoisotopic (exact) mass is 518 g/mol. The van der Waals surface area contributed by atoms with E-state index in [1.165, 1.54) is 12.1 Å². The highest BCUT2D eigenvalue weighted by Gasteiger charge is 2.47. The molecule has 1 aromatic heterocycles. The topological polar surface area (TPSA) is 71.8 Å². The third kappa shape index (κ3) is 4.03. The molecule has 4 aromatic rings. The lowest BCUT2D eigenvalue weighted by atomic mass is 9.83. The summed E-state index contributed by atoms with van der Waals surface area (Å²) in [6.45, 7) is 0.925. The summed E-state index contributed by atoms with van der Waals surface area (Å²) in [7, 11) is 0. The second kappa shape index (κ2) is 9.10. The van der Waals surface area contributed by atoms with Gasteiger partial charge < -0.3 is 14.4 Å². The number of hydrogen-bond acceptors (Lipinski definition) is 5. The van der Waals surface area contributed by atoms with E-state index >= 15 is 0 Å². The second-order valence-corrected chi connectivity index (χ2v) is 10.1. The summed E-state index contributed by atoms with van der Waals surface area (Å²) < 4.78 is 21.8. The van der Waals surface area contributed by atoms with Crippen LogP contribution in [0.5, 0.6) is 0 Å². The van der Waals surface area contributed by atoms with Crippen molar-refractivity contribution >= 4 is 34.3 Å². The summed E-state index contributed by atoms with van der Waals surface area (Å²) in [4.78, 5) is 27.3. The first kappa shape index (κ1) is 23.9. The highest BCUT2D eigenvalue weighted by molar-refractivity contribution is 6.31. The average molecular weight is 519 g/mol. The largest absolute Gasteiger partial charge is 0.450 e. The van der Waals surface area contributed by atoms with Gasteiger partial charge in [-0.3, -0.25) is 9.69 Å². The number of aliphatic hydroxyl groups is 1. The summed E-state index contributed by atoms with van der Waals surface area (Å²) in [5, 5.41) is 12.7. The number of fused-ring (bicyclic) bond motifs is 3. The Morgan fingerprint density at radius 3 is 2.59 bits per heavy atom. The number of ether oxygens (including phenoxy) is 1. The van der Waals surface area contributed by atoms with Gasteiger partial charge in [-0.25, -0.2) is 9.18 Å². The first-order valence-corrected chi connectivity index (χ1v) is 12.6. The lowest BCUT2D eigenvalue weighted by Crippen LogP contribution is -2.44. The fourth-order valence-electron chi connectivity index (χ4n) is 5.60. The van der Waals surface area contributed by atoms with Crippen molar-refractivity contribution in [1.29, 1.82) is 0 Å². The summed E-state index contributed by atoms with van der Waals surface area (Å²) >= 11 is 6.26. The lowest BCUT2D eigenvalue weighted by molar-refractivity contribution is -0.0813. The van der Waals surface area contributed by atoms with Gasteiger partial charge in [0.1, 0.15) is 17.6 Å². The van der Waals surface area contributed by atoms with E-state index in [1.54, 1.807) is 41.1 Å². The molecule has 3 aromatic carbocycles. The molecule has 1 N–H and O–H groups in total. The lowest BCUT2D eigenvalue weighted by Gasteiger charge is -2.40. The second-order valence-electron chi connectivity index (χ2n) is 9.62. The summed E-state index contributed by atoms with van der Waals surface area (Å²) in [6.07, 6.45) is 1.91. The molecule has 1 saturated heterocycles. The molecule has 188 valence electrons. The van der Waals surface area contributed by atoms with Crippen LogP contribution in [0.4, 0.5) is 4.39 Å². The number of hydrogen-bond donors (Lipinski definition) is 1. The van der Waals surface area contributed by atoms with Crippen LogP contribution in [0.25, 0.3) is 10.9 Å². The number of rotatable bonds is 5. The van der Waals surface area contributed by atoms with Gasteiger partial charge in [-0.1, -0.05) is 48.0 Å². The Kier molecular flexibility index (Phi) is 5.87. The molecule has 1 spiro atoms. The standard InChI is InChI=1S/C29H24ClFN2O4/c30-18-9-10-19-22(16-33(25(19)15-18)17-26(34)21-6-2-4-8-24(21)31)27(35)32-13-11-29(12-14-32)23-7-3-1-5-20(23)28(36)37-29/h1-10,15-16,27,35H,11-14,17H2. The van der Waals surface area contributed by atoms with Gasteiger partial charge in [-0.15, -0.1) is 0 Å². The minimum absolute atomic E-state index is 0.0150. The van der Waals surface area contributed by atoms with E-state index in [0.29, 0.717) is 47.6 Å². The average Bonchev–Trinajstić information content (AvgIpc) is 3.39. The Morgan fingerprint density at radius 1 is 1.08 bits per heavy atom. The van der Waals surface area contributed by atoms with E-state index < -0.39 is 17.6 Å². The molecule has 2 aliphatic rings. The van der Waals surface area contributed by atoms with Crippen LogP contribution >= 0.6 is 11.6 Å². The molecule has 0 bridgehead atoms. The first-order valence-electron chi connectivity index (χ1n) is 12.2. The van der Waals surface area contributed by atoms with Crippen LogP contribution < -0.4 is 0 Å². The third-order valence-electron chi connectivity index (χ3n) is 7.52. The van der Waals surface area contributed by atoms with Crippen molar-refractivity contribution in [3.8, 4) is 0 Å². The quantitative estimate of drug-likeness (QED) is 0.280. The van der Waals surface area contributed by atoms with Crippen molar-refractivity contribution in [2.24, 2.45) is 0 Å². The molecule has 8 heteroatoms. The van der Waals surface area contributed by atoms with Crippen LogP contribution in [-0.2, 0) is 16.9 Å². The van der Waals surface area contributed by atoms with Gasteiger partial charge in [-0.05, 0) is 30.3 Å². The SMILES string of the molecule is O=C(Cn1cc(C(O)N2CCC3(CC2)OC(=O)c2ccccc23)c2ccc(Cl)cc21)c1ccccc1F. The molecule has 0 amide bonds. The number of Topliss-reactive ketones (excluding diaryl/α,β-unsaturated/α-hetero) is 1. The molecule has 1 fully saturated rings.